The van der Waals surface area contributed by atoms with Crippen molar-refractivity contribution in [2.45, 2.75) is 0 Å². The highest BCUT2D eigenvalue weighted by atomic mass is 35.5. The molecule has 0 aromatic rings. The monoisotopic (exact) mass is 101 g/mol. The van der Waals surface area contributed by atoms with Gasteiger partial charge in [0.1, 0.15) is 0 Å². The molecular weight excluding hydrogens is 97.5 g/mol. The van der Waals surface area contributed by atoms with Crippen LogP contribution in [0.25, 0.3) is 0 Å². The molecule has 0 amide bonds. The minimum atomic E-state index is 0.527. The van der Waals surface area contributed by atoms with E-state index in [4.69, 9.17) is 11.6 Å². The van der Waals surface area contributed by atoms with Gasteiger partial charge in [-0.1, -0.05) is 6.58 Å². The standard InChI is InChI=1S/C4H4ClN/c1-3-4(2-5)6-3/h1-2H2. The highest BCUT2D eigenvalue weighted by Gasteiger charge is 2.12. The van der Waals surface area contributed by atoms with Crippen LogP contribution in [0.4, 0.5) is 0 Å². The molecule has 0 aromatic carbocycles. The summed E-state index contributed by atoms with van der Waals surface area (Å²) in [5.41, 5.74) is 1.82. The van der Waals surface area contributed by atoms with Gasteiger partial charge in [-0.15, -0.1) is 11.6 Å². The lowest BCUT2D eigenvalue weighted by Gasteiger charge is -1.62. The lowest BCUT2D eigenvalue weighted by molar-refractivity contribution is 1.75. The molecule has 1 rings (SSSR count). The van der Waals surface area contributed by atoms with Crippen molar-refractivity contribution in [3.8, 4) is 0 Å². The molecule has 0 saturated heterocycles. The highest BCUT2D eigenvalue weighted by Crippen LogP contribution is 2.13. The molecule has 0 saturated carbocycles. The Bertz CT molecular complexity index is 115. The summed E-state index contributed by atoms with van der Waals surface area (Å²) in [4.78, 5) is 3.76. The van der Waals surface area contributed by atoms with E-state index in [1.54, 1.807) is 0 Å². The van der Waals surface area contributed by atoms with E-state index in [-0.39, 0.29) is 0 Å². The van der Waals surface area contributed by atoms with Gasteiger partial charge >= 0.3 is 0 Å². The summed E-state index contributed by atoms with van der Waals surface area (Å²) >= 11 is 5.30. The maximum atomic E-state index is 5.30. The third-order valence-corrected chi connectivity index (χ3v) is 0.933. The van der Waals surface area contributed by atoms with Crippen LogP contribution in [-0.4, -0.2) is 11.6 Å². The zero-order valence-electron chi connectivity index (χ0n) is 3.24. The largest absolute Gasteiger partial charge is 0.249 e. The van der Waals surface area contributed by atoms with Gasteiger partial charge in [-0.2, -0.15) is 0 Å². The molecule has 1 aliphatic rings. The van der Waals surface area contributed by atoms with Crippen molar-refractivity contribution in [1.29, 1.82) is 0 Å². The molecule has 0 spiro atoms. The number of alkyl halides is 1. The van der Waals surface area contributed by atoms with Gasteiger partial charge < -0.3 is 0 Å². The number of halogens is 1. The molecule has 2 heteroatoms. The van der Waals surface area contributed by atoms with Crippen LogP contribution < -0.4 is 0 Å². The van der Waals surface area contributed by atoms with E-state index in [0.29, 0.717) is 5.88 Å². The van der Waals surface area contributed by atoms with Crippen LogP contribution in [-0.2, 0) is 0 Å². The fourth-order valence-corrected chi connectivity index (χ4v) is 0.456. The van der Waals surface area contributed by atoms with Gasteiger partial charge in [0.15, 0.2) is 0 Å². The normalized spacial score (nSPS) is 17.5. The molecule has 0 aromatic heterocycles. The number of hydrogen-bond acceptors (Lipinski definition) is 1. The zero-order chi connectivity index (χ0) is 4.57. The number of rotatable bonds is 1. The van der Waals surface area contributed by atoms with E-state index in [1.807, 2.05) is 0 Å². The molecule has 0 unspecified atom stereocenters. The van der Waals surface area contributed by atoms with E-state index < -0.39 is 0 Å². The zero-order valence-corrected chi connectivity index (χ0v) is 4.00. The average Bonchev–Trinajstić information content (AvgIpc) is 2.19. The number of nitrogens with zero attached hydrogens (tertiary/aromatic N) is 1. The molecule has 1 heterocycles. The van der Waals surface area contributed by atoms with Gasteiger partial charge in [-0.3, -0.25) is 0 Å². The molecule has 1 nitrogen and oxygen atoms in total. The second-order valence-corrected chi connectivity index (χ2v) is 1.41. The third-order valence-electron chi connectivity index (χ3n) is 0.680. The molecule has 0 bridgehead atoms. The van der Waals surface area contributed by atoms with Crippen LogP contribution in [0, 0.1) is 0 Å². The van der Waals surface area contributed by atoms with Crippen molar-refractivity contribution >= 4 is 17.3 Å². The molecule has 32 valence electrons. The van der Waals surface area contributed by atoms with Gasteiger partial charge in [-0.05, 0) is 0 Å². The fourth-order valence-electron chi connectivity index (χ4n) is 0.242. The molecule has 0 N–H and O–H groups in total. The van der Waals surface area contributed by atoms with Gasteiger partial charge in [0.05, 0.1) is 17.3 Å². The van der Waals surface area contributed by atoms with Crippen LogP contribution in [0.3, 0.4) is 0 Å². The summed E-state index contributed by atoms with van der Waals surface area (Å²) < 4.78 is 0. The molecule has 1 aliphatic heterocycles. The molecule has 0 radical (unpaired) electrons. The summed E-state index contributed by atoms with van der Waals surface area (Å²) in [6.07, 6.45) is 0. The van der Waals surface area contributed by atoms with E-state index >= 15 is 0 Å². The van der Waals surface area contributed by atoms with Gasteiger partial charge in [0.25, 0.3) is 0 Å². The van der Waals surface area contributed by atoms with Crippen molar-refractivity contribution < 1.29 is 0 Å². The van der Waals surface area contributed by atoms with Crippen LogP contribution in [0.2, 0.25) is 0 Å². The first-order chi connectivity index (χ1) is 2.84. The van der Waals surface area contributed by atoms with Gasteiger partial charge in [0, 0.05) is 0 Å². The Balaban J connectivity index is 2.42. The summed E-state index contributed by atoms with van der Waals surface area (Å²) in [7, 11) is 0. The summed E-state index contributed by atoms with van der Waals surface area (Å²) in [6, 6.07) is 0. The Labute approximate surface area is 41.3 Å². The minimum absolute atomic E-state index is 0.527. The first kappa shape index (κ1) is 3.88. The van der Waals surface area contributed by atoms with Crippen LogP contribution >= 0.6 is 11.6 Å². The third kappa shape index (κ3) is 0.455. The van der Waals surface area contributed by atoms with Gasteiger partial charge in [0.2, 0.25) is 0 Å². The smallest absolute Gasteiger partial charge is 0.0809 e. The molecule has 6 heavy (non-hydrogen) atoms. The topological polar surface area (TPSA) is 12.4 Å². The predicted octanol–water partition coefficient (Wildman–Crippen LogP) is 1.19. The summed E-state index contributed by atoms with van der Waals surface area (Å²) in [6.45, 7) is 3.53. The summed E-state index contributed by atoms with van der Waals surface area (Å²) in [5, 5.41) is 0. The second kappa shape index (κ2) is 1.09. The van der Waals surface area contributed by atoms with Crippen LogP contribution in [0.1, 0.15) is 0 Å². The Morgan fingerprint density at radius 3 is 2.33 bits per heavy atom. The second-order valence-electron chi connectivity index (χ2n) is 1.14. The van der Waals surface area contributed by atoms with E-state index in [9.17, 15) is 0 Å². The molecule has 0 aliphatic carbocycles. The summed E-state index contributed by atoms with van der Waals surface area (Å²) in [5.74, 6) is 0.527. The van der Waals surface area contributed by atoms with Crippen LogP contribution in [0.5, 0.6) is 0 Å². The highest BCUT2D eigenvalue weighted by molar-refractivity contribution is 6.35. The first-order valence-corrected chi connectivity index (χ1v) is 2.21. The van der Waals surface area contributed by atoms with Crippen molar-refractivity contribution in [3.05, 3.63) is 12.3 Å². The molecular formula is C4H4ClN. The molecule has 0 fully saturated rings. The Kier molecular flexibility index (Phi) is 0.701. The van der Waals surface area contributed by atoms with Crippen molar-refractivity contribution in [2.75, 3.05) is 5.88 Å². The number of aliphatic imine (C=N–C) groups is 1. The average molecular weight is 102 g/mol. The van der Waals surface area contributed by atoms with Crippen molar-refractivity contribution in [3.63, 3.8) is 0 Å². The Morgan fingerprint density at radius 2 is 2.33 bits per heavy atom. The van der Waals surface area contributed by atoms with Crippen molar-refractivity contribution in [1.82, 2.24) is 0 Å². The van der Waals surface area contributed by atoms with Crippen molar-refractivity contribution in [2.24, 2.45) is 4.99 Å². The van der Waals surface area contributed by atoms with E-state index in [2.05, 4.69) is 11.6 Å². The first-order valence-electron chi connectivity index (χ1n) is 1.67. The Morgan fingerprint density at radius 1 is 1.83 bits per heavy atom. The van der Waals surface area contributed by atoms with Gasteiger partial charge in [-0.25, -0.2) is 4.99 Å². The van der Waals surface area contributed by atoms with E-state index in [0.717, 1.165) is 11.4 Å². The Hall–Kier alpha value is -0.300. The fraction of sp³-hybridized carbons (Fsp3) is 0.250. The van der Waals surface area contributed by atoms with E-state index in [1.165, 1.54) is 0 Å². The number of hydrogen-bond donors (Lipinski definition) is 0. The SMILES string of the molecule is C=C1N=C1CCl. The quantitative estimate of drug-likeness (QED) is 0.440. The lowest BCUT2D eigenvalue weighted by Crippen LogP contribution is -1.76. The molecule has 0 atom stereocenters. The maximum Gasteiger partial charge on any atom is 0.0809 e. The number of allylic oxidation sites excluding steroid dienone is 1. The van der Waals surface area contributed by atoms with Crippen LogP contribution in [0.15, 0.2) is 17.3 Å². The predicted molar refractivity (Wildman–Crippen MR) is 27.3 cm³/mol. The lowest BCUT2D eigenvalue weighted by atomic mass is 10.5. The minimum Gasteiger partial charge on any atom is -0.249 e. The maximum absolute atomic E-state index is 5.30.